The molecule has 1 heterocycles. The second-order valence-corrected chi connectivity index (χ2v) is 5.83. The summed E-state index contributed by atoms with van der Waals surface area (Å²) in [4.78, 5) is 4.48. The van der Waals surface area contributed by atoms with Crippen molar-refractivity contribution in [1.82, 2.24) is 10.1 Å². The second kappa shape index (κ2) is 5.90. The van der Waals surface area contributed by atoms with Crippen LogP contribution in [-0.2, 0) is 10.3 Å². The molecule has 0 saturated heterocycles. The van der Waals surface area contributed by atoms with Crippen LogP contribution < -0.4 is 5.32 Å². The summed E-state index contributed by atoms with van der Waals surface area (Å²) < 4.78 is 11.3. The molecule has 0 aromatic carbocycles. The smallest absolute Gasteiger partial charge is 0.321 e. The second-order valence-electron chi connectivity index (χ2n) is 5.83. The Morgan fingerprint density at radius 1 is 1.42 bits per heavy atom. The number of hydrogen-bond acceptors (Lipinski definition) is 5. The molecule has 1 aromatic heterocycles. The van der Waals surface area contributed by atoms with Gasteiger partial charge in [0.05, 0.1) is 0 Å². The zero-order valence-electron chi connectivity index (χ0n) is 12.4. The SMILES string of the molecule is CCOC1(c2noc(NC(C)C)n2)CCC(C)CC1. The summed E-state index contributed by atoms with van der Waals surface area (Å²) in [6.45, 7) is 9.08. The fraction of sp³-hybridized carbons (Fsp3) is 0.857. The van der Waals surface area contributed by atoms with Gasteiger partial charge < -0.3 is 14.6 Å². The lowest BCUT2D eigenvalue weighted by Gasteiger charge is -2.36. The summed E-state index contributed by atoms with van der Waals surface area (Å²) in [6, 6.07) is 0.769. The van der Waals surface area contributed by atoms with Crippen LogP contribution in [0.3, 0.4) is 0 Å². The van der Waals surface area contributed by atoms with E-state index in [2.05, 4.69) is 22.4 Å². The van der Waals surface area contributed by atoms with Gasteiger partial charge in [0.1, 0.15) is 5.60 Å². The minimum absolute atomic E-state index is 0.280. The molecular weight excluding hydrogens is 242 g/mol. The maximum Gasteiger partial charge on any atom is 0.321 e. The summed E-state index contributed by atoms with van der Waals surface area (Å²) in [5, 5.41) is 7.27. The summed E-state index contributed by atoms with van der Waals surface area (Å²) >= 11 is 0. The third-order valence-electron chi connectivity index (χ3n) is 3.75. The van der Waals surface area contributed by atoms with Crippen molar-refractivity contribution in [2.75, 3.05) is 11.9 Å². The van der Waals surface area contributed by atoms with Crippen LogP contribution in [-0.4, -0.2) is 22.8 Å². The van der Waals surface area contributed by atoms with Crippen molar-refractivity contribution in [3.63, 3.8) is 0 Å². The number of hydrogen-bond donors (Lipinski definition) is 1. The molecule has 0 radical (unpaired) electrons. The lowest BCUT2D eigenvalue weighted by atomic mass is 9.79. The molecule has 0 amide bonds. The van der Waals surface area contributed by atoms with Crippen LogP contribution in [0.1, 0.15) is 59.2 Å². The molecular formula is C14H25N3O2. The molecule has 0 bridgehead atoms. The third-order valence-corrected chi connectivity index (χ3v) is 3.75. The summed E-state index contributed by atoms with van der Waals surface area (Å²) in [6.07, 6.45) is 4.26. The Morgan fingerprint density at radius 2 is 2.11 bits per heavy atom. The molecule has 0 spiro atoms. The van der Waals surface area contributed by atoms with Gasteiger partial charge in [-0.15, -0.1) is 0 Å². The van der Waals surface area contributed by atoms with Crippen molar-refractivity contribution in [3.8, 4) is 0 Å². The van der Waals surface area contributed by atoms with Crippen molar-refractivity contribution in [3.05, 3.63) is 5.82 Å². The van der Waals surface area contributed by atoms with E-state index in [0.29, 0.717) is 18.4 Å². The highest BCUT2D eigenvalue weighted by Gasteiger charge is 2.40. The molecule has 2 rings (SSSR count). The lowest BCUT2D eigenvalue weighted by molar-refractivity contribution is -0.0847. The van der Waals surface area contributed by atoms with Crippen molar-refractivity contribution in [2.45, 2.75) is 65.0 Å². The highest BCUT2D eigenvalue weighted by Crippen LogP contribution is 2.41. The van der Waals surface area contributed by atoms with Gasteiger partial charge in [-0.05, 0) is 52.4 Å². The van der Waals surface area contributed by atoms with Crippen LogP contribution in [0.5, 0.6) is 0 Å². The molecule has 108 valence electrons. The molecule has 1 aliphatic rings. The number of anilines is 1. The summed E-state index contributed by atoms with van der Waals surface area (Å²) in [5.41, 5.74) is -0.346. The third kappa shape index (κ3) is 3.26. The summed E-state index contributed by atoms with van der Waals surface area (Å²) in [7, 11) is 0. The van der Waals surface area contributed by atoms with Crippen LogP contribution in [0, 0.1) is 5.92 Å². The molecule has 5 nitrogen and oxygen atoms in total. The normalized spacial score (nSPS) is 27.7. The Morgan fingerprint density at radius 3 is 2.68 bits per heavy atom. The van der Waals surface area contributed by atoms with Gasteiger partial charge in [-0.1, -0.05) is 12.1 Å². The quantitative estimate of drug-likeness (QED) is 0.886. The highest BCUT2D eigenvalue weighted by molar-refractivity contribution is 5.21. The number of aromatic nitrogens is 2. The predicted octanol–water partition coefficient (Wildman–Crippen LogP) is 3.33. The molecule has 0 aliphatic heterocycles. The van der Waals surface area contributed by atoms with Crippen molar-refractivity contribution >= 4 is 6.01 Å². The average Bonchev–Trinajstić information content (AvgIpc) is 2.81. The molecule has 1 aliphatic carbocycles. The van der Waals surface area contributed by atoms with E-state index in [1.165, 1.54) is 0 Å². The lowest BCUT2D eigenvalue weighted by Crippen LogP contribution is -2.35. The van der Waals surface area contributed by atoms with Crippen molar-refractivity contribution in [1.29, 1.82) is 0 Å². The number of nitrogens with one attached hydrogen (secondary N) is 1. The van der Waals surface area contributed by atoms with E-state index < -0.39 is 0 Å². The first kappa shape index (κ1) is 14.3. The first-order chi connectivity index (χ1) is 9.05. The molecule has 1 saturated carbocycles. The largest absolute Gasteiger partial charge is 0.367 e. The Labute approximate surface area is 115 Å². The minimum atomic E-state index is -0.346. The molecule has 0 unspecified atom stereocenters. The van der Waals surface area contributed by atoms with Gasteiger partial charge in [0.15, 0.2) is 0 Å². The monoisotopic (exact) mass is 267 g/mol. The fourth-order valence-electron chi connectivity index (χ4n) is 2.65. The van der Waals surface area contributed by atoms with E-state index in [4.69, 9.17) is 9.26 Å². The molecule has 5 heteroatoms. The average molecular weight is 267 g/mol. The van der Waals surface area contributed by atoms with Gasteiger partial charge in [0, 0.05) is 12.6 Å². The fourth-order valence-corrected chi connectivity index (χ4v) is 2.65. The van der Waals surface area contributed by atoms with Crippen LogP contribution in [0.2, 0.25) is 0 Å². The molecule has 0 atom stereocenters. The van der Waals surface area contributed by atoms with E-state index >= 15 is 0 Å². The van der Waals surface area contributed by atoms with Gasteiger partial charge in [0.25, 0.3) is 0 Å². The van der Waals surface area contributed by atoms with E-state index in [0.717, 1.165) is 31.6 Å². The van der Waals surface area contributed by atoms with Gasteiger partial charge >= 0.3 is 6.01 Å². The molecule has 1 aromatic rings. The zero-order chi connectivity index (χ0) is 13.9. The van der Waals surface area contributed by atoms with Crippen LogP contribution >= 0.6 is 0 Å². The Balaban J connectivity index is 2.16. The van der Waals surface area contributed by atoms with E-state index in [1.54, 1.807) is 0 Å². The van der Waals surface area contributed by atoms with Gasteiger partial charge in [-0.25, -0.2) is 0 Å². The van der Waals surface area contributed by atoms with Gasteiger partial charge in [-0.3, -0.25) is 0 Å². The highest BCUT2D eigenvalue weighted by atomic mass is 16.5. The number of ether oxygens (including phenoxy) is 1. The maximum atomic E-state index is 6.01. The first-order valence-electron chi connectivity index (χ1n) is 7.30. The summed E-state index contributed by atoms with van der Waals surface area (Å²) in [5.74, 6) is 1.46. The van der Waals surface area contributed by atoms with Crippen LogP contribution in [0.25, 0.3) is 0 Å². The maximum absolute atomic E-state index is 6.01. The van der Waals surface area contributed by atoms with E-state index in [9.17, 15) is 0 Å². The predicted molar refractivity (Wildman–Crippen MR) is 74.0 cm³/mol. The van der Waals surface area contributed by atoms with Crippen molar-refractivity contribution < 1.29 is 9.26 Å². The molecule has 1 N–H and O–H groups in total. The van der Waals surface area contributed by atoms with Crippen molar-refractivity contribution in [2.24, 2.45) is 5.92 Å². The Kier molecular flexibility index (Phi) is 4.45. The molecule has 1 fully saturated rings. The standard InChI is InChI=1S/C14H25N3O2/c1-5-18-14(8-6-11(4)7-9-14)12-16-13(19-17-12)15-10(2)3/h10-11H,5-9H2,1-4H3,(H,15,16,17). The topological polar surface area (TPSA) is 60.2 Å². The van der Waals surface area contributed by atoms with Crippen LogP contribution in [0.15, 0.2) is 4.52 Å². The van der Waals surface area contributed by atoms with Crippen LogP contribution in [0.4, 0.5) is 6.01 Å². The van der Waals surface area contributed by atoms with Gasteiger partial charge in [0.2, 0.25) is 5.82 Å². The zero-order valence-corrected chi connectivity index (χ0v) is 12.4. The first-order valence-corrected chi connectivity index (χ1v) is 7.30. The number of nitrogens with zero attached hydrogens (tertiary/aromatic N) is 2. The van der Waals surface area contributed by atoms with E-state index in [-0.39, 0.29) is 11.6 Å². The Bertz CT molecular complexity index is 395. The number of rotatable bonds is 5. The van der Waals surface area contributed by atoms with E-state index in [1.807, 2.05) is 20.8 Å². The van der Waals surface area contributed by atoms with Gasteiger partial charge in [-0.2, -0.15) is 4.98 Å². The Hall–Kier alpha value is -1.10. The minimum Gasteiger partial charge on any atom is -0.367 e. The molecule has 19 heavy (non-hydrogen) atoms.